The largest absolute Gasteiger partial charge is 0.393 e. The van der Waals surface area contributed by atoms with Crippen molar-refractivity contribution in [2.45, 2.75) is 75.4 Å². The first kappa shape index (κ1) is 26.7. The van der Waals surface area contributed by atoms with Gasteiger partial charge in [-0.1, -0.05) is 11.8 Å². The van der Waals surface area contributed by atoms with Crippen molar-refractivity contribution in [1.82, 2.24) is 24.1 Å². The van der Waals surface area contributed by atoms with E-state index in [0.717, 1.165) is 54.0 Å². The molecule has 40 heavy (non-hydrogen) atoms. The van der Waals surface area contributed by atoms with E-state index in [1.165, 1.54) is 12.4 Å². The number of aromatic nitrogens is 5. The molecule has 3 aromatic heterocycles. The first-order valence-electron chi connectivity index (χ1n) is 13.8. The van der Waals surface area contributed by atoms with Crippen molar-refractivity contribution < 1.29 is 18.3 Å². The van der Waals surface area contributed by atoms with Gasteiger partial charge in [0, 0.05) is 37.0 Å². The Hall–Kier alpha value is -3.53. The van der Waals surface area contributed by atoms with Crippen LogP contribution < -0.4 is 10.6 Å². The van der Waals surface area contributed by atoms with Gasteiger partial charge in [-0.3, -0.25) is 0 Å². The van der Waals surface area contributed by atoms with Gasteiger partial charge in [0.15, 0.2) is 5.82 Å². The van der Waals surface area contributed by atoms with Gasteiger partial charge in [0.25, 0.3) is 10.0 Å². The van der Waals surface area contributed by atoms with Crippen molar-refractivity contribution in [3.63, 3.8) is 0 Å². The minimum atomic E-state index is -3.46. The van der Waals surface area contributed by atoms with Crippen LogP contribution in [0.1, 0.15) is 57.4 Å². The number of hydrogen-bond acceptors (Lipinski definition) is 10. The third-order valence-electron chi connectivity index (χ3n) is 7.67. The van der Waals surface area contributed by atoms with Gasteiger partial charge in [0.1, 0.15) is 11.6 Å². The molecular weight excluding hydrogens is 530 g/mol. The number of ether oxygens (including phenoxy) is 1. The monoisotopic (exact) mass is 563 g/mol. The van der Waals surface area contributed by atoms with Crippen molar-refractivity contribution in [3.8, 4) is 23.2 Å². The van der Waals surface area contributed by atoms with Crippen LogP contribution in [0, 0.1) is 17.8 Å². The molecule has 2 unspecified atom stereocenters. The number of pyridine rings is 1. The molecule has 1 aliphatic heterocycles. The molecule has 0 aromatic carbocycles. The molecule has 3 fully saturated rings. The molecule has 6 rings (SSSR count). The Kier molecular flexibility index (Phi) is 7.44. The second-order valence-corrected chi connectivity index (χ2v) is 12.8. The summed E-state index contributed by atoms with van der Waals surface area (Å²) >= 11 is 0. The summed E-state index contributed by atoms with van der Waals surface area (Å²) in [6.07, 6.45) is 11.7. The molecule has 2 atom stereocenters. The number of nitrogens with one attached hydrogen (secondary N) is 2. The number of rotatable bonds is 7. The van der Waals surface area contributed by atoms with Gasteiger partial charge in [-0.05, 0) is 57.9 Å². The second kappa shape index (κ2) is 11.2. The predicted molar refractivity (Wildman–Crippen MR) is 150 cm³/mol. The van der Waals surface area contributed by atoms with Crippen molar-refractivity contribution in [1.29, 1.82) is 0 Å². The Bertz CT molecular complexity index is 1540. The SMILES string of the molecule is CC1OCCC1C#Cc1cnc(Nc2ccnc(-c3cnn(S(=O)(=O)C4CC4)c3)n2)cc1N[C@H]1CC[C@@H](O)CC1. The van der Waals surface area contributed by atoms with E-state index in [0.29, 0.717) is 35.9 Å². The van der Waals surface area contributed by atoms with E-state index in [1.807, 2.05) is 6.07 Å². The Labute approximate surface area is 233 Å². The summed E-state index contributed by atoms with van der Waals surface area (Å²) < 4.78 is 31.7. The number of nitrogens with zero attached hydrogens (tertiary/aromatic N) is 5. The Morgan fingerprint density at radius 3 is 2.65 bits per heavy atom. The van der Waals surface area contributed by atoms with Crippen LogP contribution in [0.15, 0.2) is 36.9 Å². The first-order chi connectivity index (χ1) is 19.3. The van der Waals surface area contributed by atoms with Crippen LogP contribution in [0.2, 0.25) is 0 Å². The molecule has 3 aromatic rings. The van der Waals surface area contributed by atoms with Crippen LogP contribution in [0.5, 0.6) is 0 Å². The summed E-state index contributed by atoms with van der Waals surface area (Å²) in [7, 11) is -3.46. The summed E-state index contributed by atoms with van der Waals surface area (Å²) in [5.74, 6) is 8.32. The van der Waals surface area contributed by atoms with Crippen molar-refractivity contribution in [2.75, 3.05) is 17.2 Å². The standard InChI is InChI=1S/C28H33N7O4S/c1-18-19(11-13-39-18)2-3-20-15-30-27(14-25(20)32-22-4-6-23(36)7-5-22)33-26-10-12-29-28(34-26)21-16-31-35(17-21)40(37,38)24-8-9-24/h10,12,14-19,22-24,36H,4-9,11,13H2,1H3,(H2,29,30,32,33,34)/t18?,19?,22-,23+. The zero-order valence-electron chi connectivity index (χ0n) is 22.3. The highest BCUT2D eigenvalue weighted by Crippen LogP contribution is 2.31. The van der Waals surface area contributed by atoms with Gasteiger partial charge in [-0.2, -0.15) is 9.19 Å². The average molecular weight is 564 g/mol. The molecule has 0 radical (unpaired) electrons. The number of aliphatic hydroxyl groups excluding tert-OH is 1. The summed E-state index contributed by atoms with van der Waals surface area (Å²) in [6.45, 7) is 2.78. The molecule has 0 bridgehead atoms. The smallest absolute Gasteiger partial charge is 0.256 e. The minimum absolute atomic E-state index is 0.116. The molecular formula is C28H33N7O4S. The summed E-state index contributed by atoms with van der Waals surface area (Å²) in [5, 5.41) is 20.5. The highest BCUT2D eigenvalue weighted by atomic mass is 32.2. The predicted octanol–water partition coefficient (Wildman–Crippen LogP) is 3.31. The van der Waals surface area contributed by atoms with E-state index in [9.17, 15) is 13.5 Å². The van der Waals surface area contributed by atoms with Crippen LogP contribution in [0.4, 0.5) is 17.3 Å². The van der Waals surface area contributed by atoms with Gasteiger partial charge in [0.05, 0.1) is 46.7 Å². The fourth-order valence-electron chi connectivity index (χ4n) is 5.05. The summed E-state index contributed by atoms with van der Waals surface area (Å²) in [5.41, 5.74) is 2.20. The lowest BCUT2D eigenvalue weighted by molar-refractivity contribution is 0.115. The maximum atomic E-state index is 12.5. The Morgan fingerprint density at radius 1 is 1.07 bits per heavy atom. The zero-order valence-corrected chi connectivity index (χ0v) is 23.1. The molecule has 210 valence electrons. The number of aliphatic hydroxyl groups is 1. The minimum Gasteiger partial charge on any atom is -0.393 e. The molecule has 11 nitrogen and oxygen atoms in total. The third-order valence-corrected chi connectivity index (χ3v) is 9.70. The van der Waals surface area contributed by atoms with E-state index in [4.69, 9.17) is 4.74 Å². The molecule has 2 aliphatic carbocycles. The lowest BCUT2D eigenvalue weighted by Gasteiger charge is -2.27. The maximum Gasteiger partial charge on any atom is 0.256 e. The van der Waals surface area contributed by atoms with E-state index in [2.05, 4.69) is 49.4 Å². The second-order valence-electron chi connectivity index (χ2n) is 10.7. The van der Waals surface area contributed by atoms with Gasteiger partial charge in [-0.15, -0.1) is 0 Å². The van der Waals surface area contributed by atoms with Crippen LogP contribution in [-0.4, -0.2) is 67.8 Å². The molecule has 3 aliphatic rings. The van der Waals surface area contributed by atoms with Crippen LogP contribution in [-0.2, 0) is 14.8 Å². The van der Waals surface area contributed by atoms with Crippen molar-refractivity contribution in [3.05, 3.63) is 42.5 Å². The molecule has 0 spiro atoms. The first-order valence-corrected chi connectivity index (χ1v) is 15.3. The summed E-state index contributed by atoms with van der Waals surface area (Å²) in [4.78, 5) is 13.5. The van der Waals surface area contributed by atoms with Gasteiger partial charge < -0.3 is 20.5 Å². The number of anilines is 3. The Balaban J connectivity index is 1.23. The van der Waals surface area contributed by atoms with Crippen molar-refractivity contribution in [2.24, 2.45) is 5.92 Å². The van der Waals surface area contributed by atoms with Crippen LogP contribution >= 0.6 is 0 Å². The average Bonchev–Trinajstić information content (AvgIpc) is 3.56. The maximum absolute atomic E-state index is 12.5. The molecule has 1 saturated heterocycles. The topological polar surface area (TPSA) is 144 Å². The molecule has 4 heterocycles. The molecule has 3 N–H and O–H groups in total. The van der Waals surface area contributed by atoms with Gasteiger partial charge >= 0.3 is 0 Å². The lowest BCUT2D eigenvalue weighted by atomic mass is 9.93. The van der Waals surface area contributed by atoms with E-state index >= 15 is 0 Å². The van der Waals surface area contributed by atoms with Crippen molar-refractivity contribution >= 4 is 27.3 Å². The fraction of sp³-hybridized carbons (Fsp3) is 0.500. The van der Waals surface area contributed by atoms with E-state index < -0.39 is 10.0 Å². The third kappa shape index (κ3) is 5.96. The number of hydrogen-bond donors (Lipinski definition) is 3. The van der Waals surface area contributed by atoms with Gasteiger partial charge in [-0.25, -0.2) is 23.4 Å². The summed E-state index contributed by atoms with van der Waals surface area (Å²) in [6, 6.07) is 3.88. The molecule has 12 heteroatoms. The lowest BCUT2D eigenvalue weighted by Crippen LogP contribution is -2.28. The normalized spacial score (nSPS) is 24.8. The molecule has 2 saturated carbocycles. The Morgan fingerprint density at radius 2 is 1.90 bits per heavy atom. The fourth-order valence-corrected chi connectivity index (χ4v) is 6.53. The van der Waals surface area contributed by atoms with Gasteiger partial charge in [0.2, 0.25) is 0 Å². The molecule has 0 amide bonds. The van der Waals surface area contributed by atoms with Crippen LogP contribution in [0.3, 0.4) is 0 Å². The van der Waals surface area contributed by atoms with E-state index in [-0.39, 0.29) is 29.4 Å². The van der Waals surface area contributed by atoms with E-state index in [1.54, 1.807) is 18.5 Å². The highest BCUT2D eigenvalue weighted by Gasteiger charge is 2.37. The quantitative estimate of drug-likeness (QED) is 0.366. The highest BCUT2D eigenvalue weighted by molar-refractivity contribution is 7.90. The zero-order chi connectivity index (χ0) is 27.7. The van der Waals surface area contributed by atoms with Crippen LogP contribution in [0.25, 0.3) is 11.4 Å².